The summed E-state index contributed by atoms with van der Waals surface area (Å²) in [5.41, 5.74) is 0.332. The van der Waals surface area contributed by atoms with Crippen molar-refractivity contribution in [1.82, 2.24) is 20.2 Å². The molecule has 2 aromatic rings. The molecule has 1 aromatic heterocycles. The molecule has 0 unspecified atom stereocenters. The smallest absolute Gasteiger partial charge is 0.240 e. The third kappa shape index (κ3) is 2.70. The van der Waals surface area contributed by atoms with Gasteiger partial charge in [0.25, 0.3) is 0 Å². The zero-order valence-electron chi connectivity index (χ0n) is 12.3. The number of nitrogens with zero attached hydrogens (tertiary/aromatic N) is 5. The molecule has 1 amide bonds. The molecule has 0 aliphatic carbocycles. The van der Waals surface area contributed by atoms with E-state index >= 15 is 0 Å². The molecule has 22 heavy (non-hydrogen) atoms. The number of carbonyl (C=O) groups is 1. The van der Waals surface area contributed by atoms with Crippen LogP contribution in [0.1, 0.15) is 26.3 Å². The van der Waals surface area contributed by atoms with Crippen LogP contribution in [0.2, 0.25) is 0 Å². The van der Waals surface area contributed by atoms with E-state index in [4.69, 9.17) is 0 Å². The van der Waals surface area contributed by atoms with Crippen LogP contribution in [0.4, 0.5) is 10.1 Å². The minimum Gasteiger partial charge on any atom is -0.309 e. The summed E-state index contributed by atoms with van der Waals surface area (Å²) in [4.78, 5) is 14.0. The van der Waals surface area contributed by atoms with E-state index in [9.17, 15) is 9.18 Å². The van der Waals surface area contributed by atoms with E-state index in [0.717, 1.165) is 0 Å². The molecule has 0 spiro atoms. The first kappa shape index (κ1) is 15.0. The topological polar surface area (TPSA) is 63.9 Å². The van der Waals surface area contributed by atoms with Crippen LogP contribution in [-0.4, -0.2) is 37.9 Å². The molecule has 1 saturated heterocycles. The van der Waals surface area contributed by atoms with Gasteiger partial charge in [-0.25, -0.2) is 9.07 Å². The Kier molecular flexibility index (Phi) is 4.10. The van der Waals surface area contributed by atoms with E-state index in [1.807, 2.05) is 13.8 Å². The van der Waals surface area contributed by atoms with Crippen molar-refractivity contribution >= 4 is 23.4 Å². The zero-order valence-corrected chi connectivity index (χ0v) is 13.1. The van der Waals surface area contributed by atoms with E-state index in [2.05, 4.69) is 15.5 Å². The van der Waals surface area contributed by atoms with Crippen LogP contribution in [0.15, 0.2) is 29.4 Å². The van der Waals surface area contributed by atoms with Crippen LogP contribution in [0.3, 0.4) is 0 Å². The fraction of sp³-hybridized carbons (Fsp3) is 0.429. The van der Waals surface area contributed by atoms with Crippen molar-refractivity contribution in [3.63, 3.8) is 0 Å². The van der Waals surface area contributed by atoms with Gasteiger partial charge in [0, 0.05) is 6.54 Å². The van der Waals surface area contributed by atoms with Gasteiger partial charge in [0.1, 0.15) is 5.82 Å². The number of halogens is 1. The monoisotopic (exact) mass is 321 g/mol. The van der Waals surface area contributed by atoms with Gasteiger partial charge in [-0.2, -0.15) is 0 Å². The van der Waals surface area contributed by atoms with Crippen LogP contribution in [0.25, 0.3) is 0 Å². The van der Waals surface area contributed by atoms with E-state index in [-0.39, 0.29) is 23.0 Å². The number of hydrogen-bond donors (Lipinski definition) is 0. The van der Waals surface area contributed by atoms with Gasteiger partial charge in [-0.05, 0) is 42.8 Å². The number of hydrogen-bond acceptors (Lipinski definition) is 5. The second kappa shape index (κ2) is 6.04. The van der Waals surface area contributed by atoms with Crippen molar-refractivity contribution in [2.24, 2.45) is 0 Å². The minimum absolute atomic E-state index is 0.103. The molecule has 1 aliphatic heterocycles. The van der Waals surface area contributed by atoms with Crippen molar-refractivity contribution in [3.05, 3.63) is 30.1 Å². The maximum atomic E-state index is 13.9. The fourth-order valence-corrected chi connectivity index (χ4v) is 3.53. The third-order valence-corrected chi connectivity index (χ3v) is 4.70. The Bertz CT molecular complexity index is 689. The Labute approximate surface area is 131 Å². The summed E-state index contributed by atoms with van der Waals surface area (Å²) >= 11 is 1.34. The highest BCUT2D eigenvalue weighted by atomic mass is 32.2. The number of carbonyl (C=O) groups excluding carboxylic acids is 1. The molecule has 0 N–H and O–H groups in total. The summed E-state index contributed by atoms with van der Waals surface area (Å²) in [6.45, 7) is 4.45. The van der Waals surface area contributed by atoms with Gasteiger partial charge in [0.15, 0.2) is 0 Å². The van der Waals surface area contributed by atoms with Crippen molar-refractivity contribution < 1.29 is 9.18 Å². The Balaban J connectivity index is 1.77. The van der Waals surface area contributed by atoms with Gasteiger partial charge >= 0.3 is 0 Å². The predicted octanol–water partition coefficient (Wildman–Crippen LogP) is 2.29. The lowest BCUT2D eigenvalue weighted by Gasteiger charge is -2.17. The fourth-order valence-electron chi connectivity index (χ4n) is 2.39. The Morgan fingerprint density at radius 3 is 2.86 bits per heavy atom. The second-order valence-corrected chi connectivity index (χ2v) is 6.51. The summed E-state index contributed by atoms with van der Waals surface area (Å²) in [5, 5.41) is 11.9. The van der Waals surface area contributed by atoms with Gasteiger partial charge in [-0.1, -0.05) is 23.9 Å². The summed E-state index contributed by atoms with van der Waals surface area (Å²) < 4.78 is 15.5. The molecule has 0 radical (unpaired) electrons. The summed E-state index contributed by atoms with van der Waals surface area (Å²) in [5.74, 6) is -0.484. The largest absolute Gasteiger partial charge is 0.309 e. The van der Waals surface area contributed by atoms with Crippen LogP contribution >= 0.6 is 11.8 Å². The van der Waals surface area contributed by atoms with Gasteiger partial charge in [-0.15, -0.1) is 5.10 Å². The number of thioether (sulfide) groups is 1. The predicted molar refractivity (Wildman–Crippen MR) is 81.2 cm³/mol. The van der Waals surface area contributed by atoms with Crippen molar-refractivity contribution in [2.45, 2.75) is 36.7 Å². The van der Waals surface area contributed by atoms with E-state index in [1.54, 1.807) is 22.9 Å². The highest BCUT2D eigenvalue weighted by Gasteiger charge is 2.35. The Morgan fingerprint density at radius 2 is 2.14 bits per heavy atom. The van der Waals surface area contributed by atoms with Crippen molar-refractivity contribution in [3.8, 4) is 0 Å². The summed E-state index contributed by atoms with van der Waals surface area (Å²) in [6.07, 6.45) is 0.642. The molecule has 0 saturated carbocycles. The Hall–Kier alpha value is -1.96. The number of aromatic nitrogens is 4. The first-order chi connectivity index (χ1) is 10.6. The lowest BCUT2D eigenvalue weighted by atomic mass is 10.3. The maximum absolute atomic E-state index is 13.9. The second-order valence-electron chi connectivity index (χ2n) is 5.34. The number of tetrazole rings is 1. The van der Waals surface area contributed by atoms with Crippen LogP contribution < -0.4 is 4.90 Å². The van der Waals surface area contributed by atoms with Gasteiger partial charge in [0.05, 0.1) is 17.0 Å². The molecule has 1 atom stereocenters. The quantitative estimate of drug-likeness (QED) is 0.864. The molecule has 3 rings (SSSR count). The first-order valence-corrected chi connectivity index (χ1v) is 7.96. The van der Waals surface area contributed by atoms with Crippen LogP contribution in [-0.2, 0) is 4.79 Å². The lowest BCUT2D eigenvalue weighted by molar-refractivity contribution is -0.116. The highest BCUT2D eigenvalue weighted by molar-refractivity contribution is 8.00. The SMILES string of the molecule is CC(C)n1nnnc1S[C@@H]1CCN(c2ccccc2F)C1=O. The number of rotatable bonds is 4. The average Bonchev–Trinajstić information content (AvgIpc) is 3.08. The molecule has 116 valence electrons. The van der Waals surface area contributed by atoms with E-state index < -0.39 is 0 Å². The van der Waals surface area contributed by atoms with Crippen LogP contribution in [0, 0.1) is 5.82 Å². The van der Waals surface area contributed by atoms with E-state index in [1.165, 1.54) is 22.7 Å². The van der Waals surface area contributed by atoms with Crippen molar-refractivity contribution in [2.75, 3.05) is 11.4 Å². The average molecular weight is 321 g/mol. The molecule has 8 heteroatoms. The molecule has 1 fully saturated rings. The standard InChI is InChI=1S/C14H16FN5OS/c1-9(2)20-14(16-17-18-20)22-12-7-8-19(13(12)21)11-6-4-3-5-10(11)15/h3-6,9,12H,7-8H2,1-2H3/t12-/m1/s1. The number of amides is 1. The molecule has 6 nitrogen and oxygen atoms in total. The molecule has 1 aromatic carbocycles. The summed E-state index contributed by atoms with van der Waals surface area (Å²) in [6, 6.07) is 6.45. The number of para-hydroxylation sites is 1. The summed E-state index contributed by atoms with van der Waals surface area (Å²) in [7, 11) is 0. The van der Waals surface area contributed by atoms with Gasteiger partial charge in [-0.3, -0.25) is 4.79 Å². The molecular weight excluding hydrogens is 305 g/mol. The minimum atomic E-state index is -0.381. The van der Waals surface area contributed by atoms with E-state index in [0.29, 0.717) is 23.8 Å². The van der Waals surface area contributed by atoms with Crippen molar-refractivity contribution in [1.29, 1.82) is 0 Å². The van der Waals surface area contributed by atoms with Gasteiger partial charge in [0.2, 0.25) is 11.1 Å². The maximum Gasteiger partial charge on any atom is 0.240 e. The highest BCUT2D eigenvalue weighted by Crippen LogP contribution is 2.33. The number of benzene rings is 1. The van der Waals surface area contributed by atoms with Gasteiger partial charge < -0.3 is 4.90 Å². The third-order valence-electron chi connectivity index (χ3n) is 3.50. The zero-order chi connectivity index (χ0) is 15.7. The number of anilines is 1. The first-order valence-electron chi connectivity index (χ1n) is 7.08. The molecular formula is C14H16FN5OS. The molecule has 0 bridgehead atoms. The molecule has 2 heterocycles. The Morgan fingerprint density at radius 1 is 1.36 bits per heavy atom. The normalized spacial score (nSPS) is 18.5. The van der Waals surface area contributed by atoms with Crippen LogP contribution in [0.5, 0.6) is 0 Å². The lowest BCUT2D eigenvalue weighted by Crippen LogP contribution is -2.29. The molecule has 1 aliphatic rings.